The molecule has 0 saturated carbocycles. The fourth-order valence-corrected chi connectivity index (χ4v) is 1.05. The number of methoxy groups -OCH3 is 1. The lowest BCUT2D eigenvalue weighted by Gasteiger charge is -2.36. The van der Waals surface area contributed by atoms with Crippen LogP contribution >= 0.6 is 0 Å². The van der Waals surface area contributed by atoms with Gasteiger partial charge in [-0.25, -0.2) is 4.39 Å². The van der Waals surface area contributed by atoms with E-state index in [1.807, 2.05) is 0 Å². The molecule has 1 atom stereocenters. The maximum absolute atomic E-state index is 12.8. The van der Waals surface area contributed by atoms with Gasteiger partial charge in [0.05, 0.1) is 6.42 Å². The van der Waals surface area contributed by atoms with Crippen molar-refractivity contribution in [1.29, 1.82) is 0 Å². The number of alkyl halides is 12. The number of ether oxygens (including phenoxy) is 1. The van der Waals surface area contributed by atoms with Gasteiger partial charge in [-0.15, -0.1) is 0 Å². The molecule has 0 rings (SSSR count). The van der Waals surface area contributed by atoms with Crippen molar-refractivity contribution in [2.24, 2.45) is 0 Å². The third kappa shape index (κ3) is 3.48. The summed E-state index contributed by atoms with van der Waals surface area (Å²) >= 11 is 0. The lowest BCUT2D eigenvalue weighted by Crippen LogP contribution is -2.65. The zero-order chi connectivity index (χ0) is 17.5. The summed E-state index contributed by atoms with van der Waals surface area (Å²) in [6.07, 6.45) is -20.0. The minimum absolute atomic E-state index is 0.245. The van der Waals surface area contributed by atoms with Crippen LogP contribution in [0, 0.1) is 0 Å². The lowest BCUT2D eigenvalue weighted by molar-refractivity contribution is -0.428. The molecule has 0 aromatic heterocycles. The molecular weight excluding hydrogens is 340 g/mol. The second-order valence-corrected chi connectivity index (χ2v) is 3.78. The standard InChI is InChI=1S/C8H6F12O/c1-21-8(19,20)7(17,18)6(15,16)5(13,14)3(9)2-4(10,11)12/h3H,2H2,1H3. The highest BCUT2D eigenvalue weighted by atomic mass is 19.4. The van der Waals surface area contributed by atoms with Crippen molar-refractivity contribution in [1.82, 2.24) is 0 Å². The molecule has 0 heterocycles. The molecule has 0 amide bonds. The van der Waals surface area contributed by atoms with E-state index in [2.05, 4.69) is 4.74 Å². The van der Waals surface area contributed by atoms with Crippen molar-refractivity contribution in [3.05, 3.63) is 0 Å². The zero-order valence-electron chi connectivity index (χ0n) is 9.73. The second kappa shape index (κ2) is 5.39. The van der Waals surface area contributed by atoms with Gasteiger partial charge in [0, 0.05) is 7.11 Å². The summed E-state index contributed by atoms with van der Waals surface area (Å²) in [5, 5.41) is 0. The summed E-state index contributed by atoms with van der Waals surface area (Å²) in [6, 6.07) is 0. The molecule has 0 aliphatic heterocycles. The molecule has 0 aliphatic rings. The Bertz CT molecular complexity index is 359. The molecule has 0 bridgehead atoms. The first-order valence-electron chi connectivity index (χ1n) is 4.71. The Hall–Kier alpha value is -0.880. The third-order valence-electron chi connectivity index (χ3n) is 2.24. The highest BCUT2D eigenvalue weighted by Gasteiger charge is 2.83. The average molecular weight is 346 g/mol. The van der Waals surface area contributed by atoms with Gasteiger partial charge < -0.3 is 4.74 Å². The Kier molecular flexibility index (Phi) is 5.17. The fourth-order valence-electron chi connectivity index (χ4n) is 1.05. The Labute approximate surface area is 108 Å². The van der Waals surface area contributed by atoms with Crippen molar-refractivity contribution in [2.75, 3.05) is 7.11 Å². The van der Waals surface area contributed by atoms with E-state index in [9.17, 15) is 52.7 Å². The van der Waals surface area contributed by atoms with Gasteiger partial charge in [-0.1, -0.05) is 0 Å². The van der Waals surface area contributed by atoms with Crippen LogP contribution in [0.5, 0.6) is 0 Å². The van der Waals surface area contributed by atoms with Crippen LogP contribution in [0.3, 0.4) is 0 Å². The predicted molar refractivity (Wildman–Crippen MR) is 42.4 cm³/mol. The van der Waals surface area contributed by atoms with Crippen molar-refractivity contribution in [3.63, 3.8) is 0 Å². The largest absolute Gasteiger partial charge is 0.425 e. The van der Waals surface area contributed by atoms with E-state index >= 15 is 0 Å². The SMILES string of the molecule is COC(F)(F)C(F)(F)C(F)(F)C(F)(F)C(F)CC(F)(F)F. The van der Waals surface area contributed by atoms with Gasteiger partial charge in [0.1, 0.15) is 0 Å². The van der Waals surface area contributed by atoms with Crippen molar-refractivity contribution in [2.45, 2.75) is 42.6 Å². The number of hydrogen-bond acceptors (Lipinski definition) is 1. The summed E-state index contributed by atoms with van der Waals surface area (Å²) in [6.45, 7) is 0. The Morgan fingerprint density at radius 2 is 1.14 bits per heavy atom. The van der Waals surface area contributed by atoms with Gasteiger partial charge in [0.25, 0.3) is 0 Å². The average Bonchev–Trinajstić information content (AvgIpc) is 2.25. The molecule has 0 N–H and O–H groups in total. The van der Waals surface area contributed by atoms with E-state index in [-0.39, 0.29) is 7.11 Å². The summed E-state index contributed by atoms with van der Waals surface area (Å²) in [4.78, 5) is 0. The van der Waals surface area contributed by atoms with Crippen molar-refractivity contribution in [3.8, 4) is 0 Å². The molecule has 0 fully saturated rings. The van der Waals surface area contributed by atoms with Crippen LogP contribution in [0.15, 0.2) is 0 Å². The first kappa shape index (κ1) is 20.1. The predicted octanol–water partition coefficient (Wildman–Crippen LogP) is 4.42. The molecular formula is C8H6F12O. The summed E-state index contributed by atoms with van der Waals surface area (Å²) < 4.78 is 152. The number of hydrogen-bond donors (Lipinski definition) is 0. The summed E-state index contributed by atoms with van der Waals surface area (Å²) in [5.41, 5.74) is 0. The minimum Gasteiger partial charge on any atom is -0.319 e. The van der Waals surface area contributed by atoms with Crippen molar-refractivity contribution >= 4 is 0 Å². The molecule has 21 heavy (non-hydrogen) atoms. The zero-order valence-corrected chi connectivity index (χ0v) is 9.73. The van der Waals surface area contributed by atoms with Gasteiger partial charge in [-0.05, 0) is 0 Å². The van der Waals surface area contributed by atoms with Crippen LogP contribution in [-0.2, 0) is 4.74 Å². The second-order valence-electron chi connectivity index (χ2n) is 3.78. The van der Waals surface area contributed by atoms with Crippen LogP contribution in [0.2, 0.25) is 0 Å². The molecule has 0 aliphatic carbocycles. The van der Waals surface area contributed by atoms with Crippen LogP contribution in [0.1, 0.15) is 6.42 Å². The Morgan fingerprint density at radius 3 is 1.43 bits per heavy atom. The normalized spacial score (nSPS) is 17.0. The first-order valence-corrected chi connectivity index (χ1v) is 4.71. The van der Waals surface area contributed by atoms with E-state index in [4.69, 9.17) is 0 Å². The molecule has 1 nitrogen and oxygen atoms in total. The highest BCUT2D eigenvalue weighted by Crippen LogP contribution is 2.55. The van der Waals surface area contributed by atoms with Crippen LogP contribution < -0.4 is 0 Å². The fraction of sp³-hybridized carbons (Fsp3) is 1.00. The van der Waals surface area contributed by atoms with Gasteiger partial charge in [0.2, 0.25) is 0 Å². The van der Waals surface area contributed by atoms with Gasteiger partial charge >= 0.3 is 30.1 Å². The molecule has 0 saturated heterocycles. The molecule has 0 aromatic carbocycles. The lowest BCUT2D eigenvalue weighted by atomic mass is 9.97. The molecule has 128 valence electrons. The van der Waals surface area contributed by atoms with Gasteiger partial charge in [-0.3, -0.25) is 0 Å². The van der Waals surface area contributed by atoms with Gasteiger partial charge in [0.15, 0.2) is 6.17 Å². The molecule has 13 heteroatoms. The summed E-state index contributed by atoms with van der Waals surface area (Å²) in [7, 11) is -0.245. The Balaban J connectivity index is 5.66. The minimum atomic E-state index is -7.15. The quantitative estimate of drug-likeness (QED) is 0.647. The van der Waals surface area contributed by atoms with E-state index in [0.717, 1.165) is 0 Å². The van der Waals surface area contributed by atoms with E-state index < -0.39 is 42.6 Å². The topological polar surface area (TPSA) is 9.23 Å². The van der Waals surface area contributed by atoms with Crippen LogP contribution in [0.25, 0.3) is 0 Å². The third-order valence-corrected chi connectivity index (χ3v) is 2.24. The van der Waals surface area contributed by atoms with Gasteiger partial charge in [-0.2, -0.15) is 48.3 Å². The van der Waals surface area contributed by atoms with E-state index in [0.29, 0.717) is 0 Å². The molecule has 1 unspecified atom stereocenters. The molecule has 0 radical (unpaired) electrons. The van der Waals surface area contributed by atoms with E-state index in [1.54, 1.807) is 0 Å². The maximum Gasteiger partial charge on any atom is 0.425 e. The van der Waals surface area contributed by atoms with E-state index in [1.165, 1.54) is 0 Å². The van der Waals surface area contributed by atoms with Crippen LogP contribution in [0.4, 0.5) is 52.7 Å². The smallest absolute Gasteiger partial charge is 0.319 e. The molecule has 0 spiro atoms. The molecule has 0 aromatic rings. The monoisotopic (exact) mass is 346 g/mol. The maximum atomic E-state index is 12.8. The van der Waals surface area contributed by atoms with Crippen LogP contribution in [-0.4, -0.2) is 43.3 Å². The number of halogens is 12. The first-order chi connectivity index (χ1) is 8.94. The number of rotatable bonds is 6. The Morgan fingerprint density at radius 1 is 0.762 bits per heavy atom. The summed E-state index contributed by atoms with van der Waals surface area (Å²) in [5.74, 6) is -20.8. The highest BCUT2D eigenvalue weighted by molar-refractivity contribution is 5.04. The van der Waals surface area contributed by atoms with Crippen molar-refractivity contribution < 1.29 is 57.4 Å².